The average molecular weight is 164 g/mol. The number of hydrogen-bond donors (Lipinski definition) is 1. The van der Waals surface area contributed by atoms with Crippen molar-refractivity contribution in [3.05, 3.63) is 36.5 Å². The molecule has 1 rings (SSSR count). The van der Waals surface area contributed by atoms with Gasteiger partial charge in [0.2, 0.25) is 0 Å². The number of carbonyl (C=O) groups is 1. The van der Waals surface area contributed by atoms with E-state index in [1.54, 1.807) is 0 Å². The van der Waals surface area contributed by atoms with Gasteiger partial charge in [-0.3, -0.25) is 4.79 Å². The quantitative estimate of drug-likeness (QED) is 0.649. The maximum atomic E-state index is 10.7. The molecule has 0 unspecified atom stereocenters. The van der Waals surface area contributed by atoms with E-state index in [1.165, 1.54) is 6.08 Å². The van der Waals surface area contributed by atoms with E-state index >= 15 is 0 Å². The number of hydrogen-bond acceptors (Lipinski definition) is 1. The highest BCUT2D eigenvalue weighted by Gasteiger charge is 2.17. The van der Waals surface area contributed by atoms with Gasteiger partial charge in [0.1, 0.15) is 0 Å². The Bertz CT molecular complexity index is 249. The summed E-state index contributed by atoms with van der Waals surface area (Å²) >= 11 is 0. The first-order valence-corrected chi connectivity index (χ1v) is 3.95. The summed E-state index contributed by atoms with van der Waals surface area (Å²) in [5, 5.41) is 8.79. The van der Waals surface area contributed by atoms with E-state index in [1.807, 2.05) is 18.2 Å². The summed E-state index contributed by atoms with van der Waals surface area (Å²) < 4.78 is 0. The van der Waals surface area contributed by atoms with Crippen LogP contribution in [0, 0.1) is 5.92 Å². The first-order chi connectivity index (χ1) is 5.75. The summed E-state index contributed by atoms with van der Waals surface area (Å²) in [5.41, 5.74) is 0.944. The van der Waals surface area contributed by atoms with Gasteiger partial charge < -0.3 is 5.11 Å². The Morgan fingerprint density at radius 1 is 1.67 bits per heavy atom. The molecule has 0 aromatic carbocycles. The van der Waals surface area contributed by atoms with E-state index in [4.69, 9.17) is 5.11 Å². The third-order valence-corrected chi connectivity index (χ3v) is 1.94. The summed E-state index contributed by atoms with van der Waals surface area (Å²) in [6, 6.07) is 0. The van der Waals surface area contributed by atoms with Crippen LogP contribution in [0.3, 0.4) is 0 Å². The predicted octanol–water partition coefficient (Wildman–Crippen LogP) is 2.15. The number of carboxylic acids is 1. The molecule has 12 heavy (non-hydrogen) atoms. The molecule has 1 aliphatic rings. The van der Waals surface area contributed by atoms with Crippen molar-refractivity contribution < 1.29 is 9.90 Å². The second-order valence-corrected chi connectivity index (χ2v) is 2.74. The van der Waals surface area contributed by atoms with Gasteiger partial charge in [-0.2, -0.15) is 0 Å². The van der Waals surface area contributed by atoms with Crippen molar-refractivity contribution >= 4 is 5.97 Å². The van der Waals surface area contributed by atoms with Gasteiger partial charge in [0.05, 0.1) is 5.92 Å². The van der Waals surface area contributed by atoms with Crippen molar-refractivity contribution in [2.45, 2.75) is 12.8 Å². The Hall–Kier alpha value is -1.31. The number of allylic oxidation sites excluding steroid dienone is 3. The van der Waals surface area contributed by atoms with Crippen molar-refractivity contribution in [3.8, 4) is 0 Å². The standard InChI is InChI=1S/C10H12O2/c1-2-9(10(11)12)8-6-4-3-5-7-8/h2-4,7,9H,1,5-6H2,(H,11,12)/t9-/m1/s1. The fourth-order valence-corrected chi connectivity index (χ4v) is 1.28. The van der Waals surface area contributed by atoms with Gasteiger partial charge in [0, 0.05) is 0 Å². The Morgan fingerprint density at radius 2 is 2.42 bits per heavy atom. The Kier molecular flexibility index (Phi) is 2.86. The highest BCUT2D eigenvalue weighted by Crippen LogP contribution is 2.21. The summed E-state index contributed by atoms with van der Waals surface area (Å²) in [7, 11) is 0. The van der Waals surface area contributed by atoms with E-state index in [-0.39, 0.29) is 0 Å². The van der Waals surface area contributed by atoms with Crippen molar-refractivity contribution in [2.75, 3.05) is 0 Å². The topological polar surface area (TPSA) is 37.3 Å². The molecule has 1 atom stereocenters. The van der Waals surface area contributed by atoms with E-state index < -0.39 is 11.9 Å². The van der Waals surface area contributed by atoms with Gasteiger partial charge in [-0.15, -0.1) is 6.58 Å². The maximum absolute atomic E-state index is 10.7. The second-order valence-electron chi connectivity index (χ2n) is 2.74. The predicted molar refractivity (Wildman–Crippen MR) is 47.8 cm³/mol. The maximum Gasteiger partial charge on any atom is 0.314 e. The third-order valence-electron chi connectivity index (χ3n) is 1.94. The molecule has 2 nitrogen and oxygen atoms in total. The van der Waals surface area contributed by atoms with Gasteiger partial charge in [-0.1, -0.05) is 29.9 Å². The van der Waals surface area contributed by atoms with Crippen LogP contribution in [0.4, 0.5) is 0 Å². The molecule has 0 aromatic rings. The second kappa shape index (κ2) is 3.90. The van der Waals surface area contributed by atoms with Crippen molar-refractivity contribution in [1.29, 1.82) is 0 Å². The Balaban J connectivity index is 2.72. The van der Waals surface area contributed by atoms with Crippen LogP contribution in [-0.2, 0) is 4.79 Å². The first kappa shape index (κ1) is 8.78. The third kappa shape index (κ3) is 1.84. The molecule has 0 saturated carbocycles. The minimum absolute atomic E-state index is 0.505. The summed E-state index contributed by atoms with van der Waals surface area (Å²) in [6.45, 7) is 3.51. The lowest BCUT2D eigenvalue weighted by atomic mass is 9.93. The highest BCUT2D eigenvalue weighted by atomic mass is 16.4. The summed E-state index contributed by atoms with van der Waals surface area (Å²) in [6.07, 6.45) is 9.05. The molecule has 0 fully saturated rings. The van der Waals surface area contributed by atoms with E-state index in [9.17, 15) is 4.79 Å². The molecule has 2 heteroatoms. The van der Waals surface area contributed by atoms with E-state index in [2.05, 4.69) is 6.58 Å². The van der Waals surface area contributed by atoms with Crippen molar-refractivity contribution in [3.63, 3.8) is 0 Å². The zero-order valence-corrected chi connectivity index (χ0v) is 6.86. The molecule has 0 heterocycles. The molecular weight excluding hydrogens is 152 g/mol. The number of aliphatic carboxylic acids is 1. The lowest BCUT2D eigenvalue weighted by Crippen LogP contribution is -2.13. The van der Waals surface area contributed by atoms with Gasteiger partial charge in [0.15, 0.2) is 0 Å². The summed E-state index contributed by atoms with van der Waals surface area (Å²) in [5.74, 6) is -1.32. The van der Waals surface area contributed by atoms with Crippen LogP contribution < -0.4 is 0 Å². The van der Waals surface area contributed by atoms with E-state index in [0.29, 0.717) is 0 Å². The van der Waals surface area contributed by atoms with Crippen LogP contribution in [0.1, 0.15) is 12.8 Å². The van der Waals surface area contributed by atoms with Crippen LogP contribution in [0.5, 0.6) is 0 Å². The van der Waals surface area contributed by atoms with E-state index in [0.717, 1.165) is 18.4 Å². The molecule has 0 aliphatic heterocycles. The lowest BCUT2D eigenvalue weighted by Gasteiger charge is -2.12. The molecule has 0 amide bonds. The summed E-state index contributed by atoms with van der Waals surface area (Å²) in [4.78, 5) is 10.7. The highest BCUT2D eigenvalue weighted by molar-refractivity contribution is 5.76. The minimum Gasteiger partial charge on any atom is -0.481 e. The molecule has 0 saturated heterocycles. The molecule has 0 radical (unpaired) electrons. The van der Waals surface area contributed by atoms with Crippen LogP contribution in [0.25, 0.3) is 0 Å². The van der Waals surface area contributed by atoms with Crippen LogP contribution >= 0.6 is 0 Å². The minimum atomic E-state index is -0.813. The van der Waals surface area contributed by atoms with Crippen molar-refractivity contribution in [2.24, 2.45) is 5.92 Å². The van der Waals surface area contributed by atoms with Crippen LogP contribution in [0.15, 0.2) is 36.5 Å². The first-order valence-electron chi connectivity index (χ1n) is 3.95. The van der Waals surface area contributed by atoms with Crippen molar-refractivity contribution in [1.82, 2.24) is 0 Å². The molecule has 0 aromatic heterocycles. The SMILES string of the molecule is C=C[C@@H](C(=O)O)C1=CCC=CC1. The van der Waals surface area contributed by atoms with Gasteiger partial charge >= 0.3 is 5.97 Å². The molecule has 0 spiro atoms. The number of rotatable bonds is 3. The van der Waals surface area contributed by atoms with Gasteiger partial charge in [0.25, 0.3) is 0 Å². The monoisotopic (exact) mass is 164 g/mol. The average Bonchev–Trinajstić information content (AvgIpc) is 2.07. The normalized spacial score (nSPS) is 18.2. The smallest absolute Gasteiger partial charge is 0.314 e. The molecule has 0 bridgehead atoms. The molecule has 1 N–H and O–H groups in total. The fourth-order valence-electron chi connectivity index (χ4n) is 1.28. The number of carboxylic acid groups (broad SMARTS) is 1. The molecule has 64 valence electrons. The van der Waals surface area contributed by atoms with Gasteiger partial charge in [-0.05, 0) is 12.8 Å². The zero-order valence-electron chi connectivity index (χ0n) is 6.86. The molecular formula is C10H12O2. The fraction of sp³-hybridized carbons (Fsp3) is 0.300. The zero-order chi connectivity index (χ0) is 8.97. The Morgan fingerprint density at radius 3 is 2.83 bits per heavy atom. The van der Waals surface area contributed by atoms with Gasteiger partial charge in [-0.25, -0.2) is 0 Å². The largest absolute Gasteiger partial charge is 0.481 e. The lowest BCUT2D eigenvalue weighted by molar-refractivity contribution is -0.138. The van der Waals surface area contributed by atoms with Crippen LogP contribution in [-0.4, -0.2) is 11.1 Å². The Labute approximate surface area is 71.9 Å². The van der Waals surface area contributed by atoms with Crippen LogP contribution in [0.2, 0.25) is 0 Å². The molecule has 1 aliphatic carbocycles.